The molecule has 0 N–H and O–H groups in total. The molecule has 0 aliphatic heterocycles. The predicted octanol–water partition coefficient (Wildman–Crippen LogP) is 4.63. The molecule has 1 atom stereocenters. The van der Waals surface area contributed by atoms with Crippen LogP contribution in [0.2, 0.25) is 0 Å². The minimum absolute atomic E-state index is 0.416. The second kappa shape index (κ2) is 3.89. The van der Waals surface area contributed by atoms with Crippen molar-refractivity contribution in [3.05, 3.63) is 71.3 Å². The Kier molecular flexibility index (Phi) is 2.36. The van der Waals surface area contributed by atoms with Crippen LogP contribution in [0.1, 0.15) is 25.3 Å². The van der Waals surface area contributed by atoms with Gasteiger partial charge in [0.25, 0.3) is 0 Å². The van der Waals surface area contributed by atoms with Crippen molar-refractivity contribution in [1.82, 2.24) is 0 Å². The molecule has 0 fully saturated rings. The lowest BCUT2D eigenvalue weighted by Gasteiger charge is -2.12. The molecule has 1 unspecified atom stereocenters. The molecular weight excluding hydrogens is 204 g/mol. The summed E-state index contributed by atoms with van der Waals surface area (Å²) in [5.41, 5.74) is 4.10. The van der Waals surface area contributed by atoms with Crippen LogP contribution < -0.4 is 0 Å². The Morgan fingerprint density at radius 2 is 1.82 bits per heavy atom. The molecule has 0 nitrogen and oxygen atoms in total. The third-order valence-electron chi connectivity index (χ3n) is 3.64. The topological polar surface area (TPSA) is 0 Å². The zero-order valence-corrected chi connectivity index (χ0v) is 10.2. The molecule has 2 aromatic carbocycles. The van der Waals surface area contributed by atoms with E-state index in [0.717, 1.165) is 0 Å². The molecule has 3 rings (SSSR count). The van der Waals surface area contributed by atoms with E-state index in [-0.39, 0.29) is 0 Å². The van der Waals surface area contributed by atoms with Crippen molar-refractivity contribution >= 4 is 10.8 Å². The summed E-state index contributed by atoms with van der Waals surface area (Å²) in [5, 5.41) is 2.47. The SMILES string of the molecule is CC1=C(C)C(c2[c]c3ccccc3cc2)C=C1. The van der Waals surface area contributed by atoms with Crippen LogP contribution in [0.25, 0.3) is 10.8 Å². The van der Waals surface area contributed by atoms with E-state index in [2.05, 4.69) is 68.5 Å². The van der Waals surface area contributed by atoms with Crippen molar-refractivity contribution < 1.29 is 0 Å². The van der Waals surface area contributed by atoms with Crippen LogP contribution in [0.15, 0.2) is 59.7 Å². The standard InChI is InChI=1S/C17H15/c1-12-7-10-17(13(12)2)16-9-8-14-5-3-4-6-15(14)11-16/h3-10,17H,1-2H3. The van der Waals surface area contributed by atoms with Gasteiger partial charge in [0.1, 0.15) is 0 Å². The first-order valence-electron chi connectivity index (χ1n) is 6.02. The van der Waals surface area contributed by atoms with Gasteiger partial charge in [-0.25, -0.2) is 0 Å². The molecule has 0 aromatic heterocycles. The van der Waals surface area contributed by atoms with Gasteiger partial charge in [0, 0.05) is 5.92 Å². The molecule has 0 saturated carbocycles. The van der Waals surface area contributed by atoms with Gasteiger partial charge in [0.15, 0.2) is 0 Å². The molecule has 17 heavy (non-hydrogen) atoms. The lowest BCUT2D eigenvalue weighted by atomic mass is 9.92. The first-order valence-corrected chi connectivity index (χ1v) is 6.02. The minimum atomic E-state index is 0.416. The maximum Gasteiger partial charge on any atom is 0.0240 e. The molecule has 0 heteroatoms. The fourth-order valence-corrected chi connectivity index (χ4v) is 2.41. The van der Waals surface area contributed by atoms with Crippen LogP contribution >= 0.6 is 0 Å². The summed E-state index contributed by atoms with van der Waals surface area (Å²) in [6.45, 7) is 4.38. The number of rotatable bonds is 1. The van der Waals surface area contributed by atoms with E-state index in [1.54, 1.807) is 0 Å². The van der Waals surface area contributed by atoms with Gasteiger partial charge in [-0.3, -0.25) is 0 Å². The molecule has 1 radical (unpaired) electrons. The van der Waals surface area contributed by atoms with Crippen molar-refractivity contribution in [3.63, 3.8) is 0 Å². The highest BCUT2D eigenvalue weighted by Gasteiger charge is 2.16. The third-order valence-corrected chi connectivity index (χ3v) is 3.64. The third kappa shape index (κ3) is 1.70. The summed E-state index contributed by atoms with van der Waals surface area (Å²) < 4.78 is 0. The number of hydrogen-bond acceptors (Lipinski definition) is 0. The Labute approximate surface area is 102 Å². The monoisotopic (exact) mass is 219 g/mol. The summed E-state index contributed by atoms with van der Waals surface area (Å²) in [6.07, 6.45) is 4.48. The molecule has 1 aliphatic rings. The van der Waals surface area contributed by atoms with Gasteiger partial charge in [-0.15, -0.1) is 0 Å². The minimum Gasteiger partial charge on any atom is -0.0727 e. The van der Waals surface area contributed by atoms with Crippen molar-refractivity contribution in [3.8, 4) is 0 Å². The fraction of sp³-hybridized carbons (Fsp3) is 0.176. The maximum atomic E-state index is 3.53. The Morgan fingerprint density at radius 3 is 2.59 bits per heavy atom. The zero-order valence-electron chi connectivity index (χ0n) is 10.2. The molecule has 2 aromatic rings. The van der Waals surface area contributed by atoms with E-state index < -0.39 is 0 Å². The number of allylic oxidation sites excluding steroid dienone is 4. The first-order chi connectivity index (χ1) is 8.25. The van der Waals surface area contributed by atoms with E-state index in [1.807, 2.05) is 0 Å². The van der Waals surface area contributed by atoms with Crippen LogP contribution in [0.4, 0.5) is 0 Å². The summed E-state index contributed by atoms with van der Waals surface area (Å²) in [4.78, 5) is 0. The summed E-state index contributed by atoms with van der Waals surface area (Å²) in [7, 11) is 0. The average Bonchev–Trinajstić information content (AvgIpc) is 2.70. The lowest BCUT2D eigenvalue weighted by molar-refractivity contribution is 1.00. The quantitative estimate of drug-likeness (QED) is 0.656. The van der Waals surface area contributed by atoms with Gasteiger partial charge in [-0.05, 0) is 36.2 Å². The second-order valence-corrected chi connectivity index (χ2v) is 4.70. The Balaban J connectivity index is 2.11. The maximum absolute atomic E-state index is 3.53. The number of hydrogen-bond donors (Lipinski definition) is 0. The van der Waals surface area contributed by atoms with Gasteiger partial charge in [-0.1, -0.05) is 59.7 Å². The van der Waals surface area contributed by atoms with Crippen LogP contribution in [0.5, 0.6) is 0 Å². The molecule has 0 spiro atoms. The second-order valence-electron chi connectivity index (χ2n) is 4.70. The molecular formula is C17H15. The Morgan fingerprint density at radius 1 is 1.00 bits per heavy atom. The van der Waals surface area contributed by atoms with Crippen LogP contribution in [-0.4, -0.2) is 0 Å². The molecule has 0 saturated heterocycles. The van der Waals surface area contributed by atoms with Crippen molar-refractivity contribution in [2.24, 2.45) is 0 Å². The van der Waals surface area contributed by atoms with E-state index in [0.29, 0.717) is 5.92 Å². The number of benzene rings is 2. The van der Waals surface area contributed by atoms with Crippen molar-refractivity contribution in [1.29, 1.82) is 0 Å². The van der Waals surface area contributed by atoms with Gasteiger partial charge < -0.3 is 0 Å². The van der Waals surface area contributed by atoms with E-state index in [9.17, 15) is 0 Å². The molecule has 83 valence electrons. The van der Waals surface area contributed by atoms with Crippen molar-refractivity contribution in [2.75, 3.05) is 0 Å². The van der Waals surface area contributed by atoms with Gasteiger partial charge in [0.05, 0.1) is 0 Å². The fourth-order valence-electron chi connectivity index (χ4n) is 2.41. The van der Waals surface area contributed by atoms with Crippen LogP contribution in [-0.2, 0) is 0 Å². The average molecular weight is 219 g/mol. The van der Waals surface area contributed by atoms with Gasteiger partial charge in [-0.2, -0.15) is 0 Å². The molecule has 0 heterocycles. The highest BCUT2D eigenvalue weighted by Crippen LogP contribution is 2.34. The summed E-state index contributed by atoms with van der Waals surface area (Å²) in [5.74, 6) is 0.416. The van der Waals surface area contributed by atoms with Crippen LogP contribution in [0, 0.1) is 6.07 Å². The van der Waals surface area contributed by atoms with E-state index in [1.165, 1.54) is 27.5 Å². The molecule has 1 aliphatic carbocycles. The predicted molar refractivity (Wildman–Crippen MR) is 73.0 cm³/mol. The lowest BCUT2D eigenvalue weighted by Crippen LogP contribution is -1.95. The number of fused-ring (bicyclic) bond motifs is 1. The molecule has 0 amide bonds. The largest absolute Gasteiger partial charge is 0.0727 e. The van der Waals surface area contributed by atoms with Gasteiger partial charge >= 0.3 is 0 Å². The Hall–Kier alpha value is -1.82. The zero-order chi connectivity index (χ0) is 11.8. The normalized spacial score (nSPS) is 19.3. The smallest absolute Gasteiger partial charge is 0.0240 e. The summed E-state index contributed by atoms with van der Waals surface area (Å²) in [6, 6.07) is 16.3. The van der Waals surface area contributed by atoms with Gasteiger partial charge in [0.2, 0.25) is 0 Å². The first kappa shape index (κ1) is 10.3. The van der Waals surface area contributed by atoms with Crippen molar-refractivity contribution in [2.45, 2.75) is 19.8 Å². The van der Waals surface area contributed by atoms with Crippen LogP contribution in [0.3, 0.4) is 0 Å². The highest BCUT2D eigenvalue weighted by molar-refractivity contribution is 5.82. The van der Waals surface area contributed by atoms with E-state index >= 15 is 0 Å². The molecule has 0 bridgehead atoms. The van der Waals surface area contributed by atoms with E-state index in [4.69, 9.17) is 0 Å². The highest BCUT2D eigenvalue weighted by atomic mass is 14.2. The Bertz CT molecular complexity index is 629. The summed E-state index contributed by atoms with van der Waals surface area (Å²) >= 11 is 0.